The van der Waals surface area contributed by atoms with Crippen molar-refractivity contribution in [2.75, 3.05) is 25.5 Å². The lowest BCUT2D eigenvalue weighted by molar-refractivity contribution is 0.281. The first-order chi connectivity index (χ1) is 7.13. The predicted molar refractivity (Wildman–Crippen MR) is 68.5 cm³/mol. The maximum absolute atomic E-state index is 5.74. The largest absolute Gasteiger partial charge is 0.303 e. The molecule has 0 aromatic rings. The lowest BCUT2D eigenvalue weighted by Crippen LogP contribution is -2.24. The summed E-state index contributed by atoms with van der Waals surface area (Å²) in [7, 11) is 0. The number of likely N-dealkylation sites (tertiary alicyclic amines) is 1. The van der Waals surface area contributed by atoms with Crippen LogP contribution in [0.4, 0.5) is 0 Å². The highest BCUT2D eigenvalue weighted by atomic mass is 35.5. The maximum atomic E-state index is 5.74. The van der Waals surface area contributed by atoms with Crippen molar-refractivity contribution >= 4 is 11.6 Å². The quantitative estimate of drug-likeness (QED) is 0.632. The van der Waals surface area contributed by atoms with Crippen LogP contribution in [0.1, 0.15) is 40.0 Å². The molecule has 0 saturated carbocycles. The summed E-state index contributed by atoms with van der Waals surface area (Å²) in [6, 6.07) is 0. The third-order valence-electron chi connectivity index (χ3n) is 3.79. The van der Waals surface area contributed by atoms with Crippen LogP contribution in [0.5, 0.6) is 0 Å². The van der Waals surface area contributed by atoms with Crippen molar-refractivity contribution in [3.63, 3.8) is 0 Å². The third-order valence-corrected chi connectivity index (χ3v) is 4.01. The number of rotatable bonds is 6. The van der Waals surface area contributed by atoms with Gasteiger partial charge in [-0.05, 0) is 50.1 Å². The van der Waals surface area contributed by atoms with Crippen molar-refractivity contribution in [3.8, 4) is 0 Å². The van der Waals surface area contributed by atoms with Crippen LogP contribution in [0.15, 0.2) is 0 Å². The Morgan fingerprint density at radius 3 is 2.53 bits per heavy atom. The van der Waals surface area contributed by atoms with E-state index in [1.165, 1.54) is 38.9 Å². The summed E-state index contributed by atoms with van der Waals surface area (Å²) in [5, 5.41) is 0. The van der Waals surface area contributed by atoms with Gasteiger partial charge in [0.15, 0.2) is 0 Å². The van der Waals surface area contributed by atoms with Crippen LogP contribution in [0.3, 0.4) is 0 Å². The molecular formula is C13H26ClN. The fourth-order valence-corrected chi connectivity index (χ4v) is 2.72. The topological polar surface area (TPSA) is 3.24 Å². The van der Waals surface area contributed by atoms with Gasteiger partial charge in [0.25, 0.3) is 0 Å². The molecule has 1 nitrogen and oxygen atoms in total. The van der Waals surface area contributed by atoms with Gasteiger partial charge >= 0.3 is 0 Å². The van der Waals surface area contributed by atoms with Crippen LogP contribution in [-0.4, -0.2) is 30.4 Å². The molecule has 0 amide bonds. The van der Waals surface area contributed by atoms with E-state index in [9.17, 15) is 0 Å². The first-order valence-electron chi connectivity index (χ1n) is 6.41. The summed E-state index contributed by atoms with van der Waals surface area (Å²) in [6.07, 6.45) is 3.89. The fraction of sp³-hybridized carbons (Fsp3) is 1.00. The van der Waals surface area contributed by atoms with Crippen LogP contribution in [0, 0.1) is 17.8 Å². The van der Waals surface area contributed by atoms with Crippen LogP contribution >= 0.6 is 11.6 Å². The van der Waals surface area contributed by atoms with Crippen LogP contribution in [0.2, 0.25) is 0 Å². The minimum atomic E-state index is 0.792. The average molecular weight is 232 g/mol. The molecule has 0 bridgehead atoms. The van der Waals surface area contributed by atoms with E-state index in [1.54, 1.807) is 0 Å². The van der Waals surface area contributed by atoms with Crippen LogP contribution in [-0.2, 0) is 0 Å². The van der Waals surface area contributed by atoms with Crippen LogP contribution in [0.25, 0.3) is 0 Å². The number of halogens is 1. The zero-order chi connectivity index (χ0) is 11.3. The summed E-state index contributed by atoms with van der Waals surface area (Å²) in [6.45, 7) is 10.9. The maximum Gasteiger partial charge on any atom is 0.0225 e. The van der Waals surface area contributed by atoms with E-state index in [2.05, 4.69) is 25.7 Å². The highest BCUT2D eigenvalue weighted by molar-refractivity contribution is 6.17. The van der Waals surface area contributed by atoms with Gasteiger partial charge in [0.05, 0.1) is 0 Å². The van der Waals surface area contributed by atoms with E-state index < -0.39 is 0 Å². The normalized spacial score (nSPS) is 25.0. The molecule has 1 aliphatic rings. The Kier molecular flexibility index (Phi) is 5.99. The van der Waals surface area contributed by atoms with Crippen molar-refractivity contribution < 1.29 is 0 Å². The molecule has 0 aromatic carbocycles. The molecule has 1 fully saturated rings. The monoisotopic (exact) mass is 231 g/mol. The van der Waals surface area contributed by atoms with Crippen molar-refractivity contribution in [2.45, 2.75) is 40.0 Å². The zero-order valence-electron chi connectivity index (χ0n) is 10.5. The number of nitrogens with zero attached hydrogens (tertiary/aromatic N) is 1. The van der Waals surface area contributed by atoms with Gasteiger partial charge in [0.2, 0.25) is 0 Å². The Balaban J connectivity index is 2.13. The average Bonchev–Trinajstić information content (AvgIpc) is 2.63. The van der Waals surface area contributed by atoms with E-state index in [1.807, 2.05) is 0 Å². The van der Waals surface area contributed by atoms with Gasteiger partial charge in [-0.15, -0.1) is 11.6 Å². The molecule has 2 atom stereocenters. The molecule has 0 aromatic heterocycles. The highest BCUT2D eigenvalue weighted by Crippen LogP contribution is 2.24. The van der Waals surface area contributed by atoms with E-state index in [4.69, 9.17) is 11.6 Å². The first kappa shape index (κ1) is 13.3. The molecule has 0 aliphatic carbocycles. The van der Waals surface area contributed by atoms with Crippen LogP contribution < -0.4 is 0 Å². The van der Waals surface area contributed by atoms with Crippen molar-refractivity contribution in [2.24, 2.45) is 17.8 Å². The molecule has 0 spiro atoms. The molecule has 1 aliphatic heterocycles. The lowest BCUT2D eigenvalue weighted by atomic mass is 9.95. The minimum absolute atomic E-state index is 0.792. The van der Waals surface area contributed by atoms with Gasteiger partial charge in [-0.1, -0.05) is 20.8 Å². The van der Waals surface area contributed by atoms with E-state index in [0.29, 0.717) is 0 Å². The van der Waals surface area contributed by atoms with E-state index >= 15 is 0 Å². The third kappa shape index (κ3) is 4.74. The summed E-state index contributed by atoms with van der Waals surface area (Å²) in [5.74, 6) is 3.40. The van der Waals surface area contributed by atoms with Gasteiger partial charge in [0.1, 0.15) is 0 Å². The Labute approximate surface area is 100 Å². The Morgan fingerprint density at radius 2 is 2.00 bits per heavy atom. The molecule has 1 saturated heterocycles. The van der Waals surface area contributed by atoms with Crippen molar-refractivity contribution in [3.05, 3.63) is 0 Å². The van der Waals surface area contributed by atoms with Gasteiger partial charge < -0.3 is 4.90 Å². The molecule has 2 heteroatoms. The summed E-state index contributed by atoms with van der Waals surface area (Å²) in [4.78, 5) is 2.63. The smallest absolute Gasteiger partial charge is 0.0225 e. The standard InChI is InChI=1S/C13H26ClN/c1-11(2)13-6-9-15(10-13)8-5-12(3)4-7-14/h11-13H,4-10H2,1-3H3. The molecule has 0 N–H and O–H groups in total. The molecular weight excluding hydrogens is 206 g/mol. The Bertz CT molecular complexity index is 170. The molecule has 0 radical (unpaired) electrons. The van der Waals surface area contributed by atoms with Crippen molar-refractivity contribution in [1.82, 2.24) is 4.90 Å². The van der Waals surface area contributed by atoms with Gasteiger partial charge in [-0.3, -0.25) is 0 Å². The second-order valence-corrected chi connectivity index (χ2v) is 5.84. The second kappa shape index (κ2) is 6.75. The molecule has 15 heavy (non-hydrogen) atoms. The first-order valence-corrected chi connectivity index (χ1v) is 6.95. The summed E-state index contributed by atoms with van der Waals surface area (Å²) >= 11 is 5.74. The number of hydrogen-bond acceptors (Lipinski definition) is 1. The van der Waals surface area contributed by atoms with E-state index in [0.717, 1.165) is 23.6 Å². The predicted octanol–water partition coefficient (Wildman–Crippen LogP) is 3.62. The molecule has 1 rings (SSSR count). The van der Waals surface area contributed by atoms with Crippen molar-refractivity contribution in [1.29, 1.82) is 0 Å². The van der Waals surface area contributed by atoms with E-state index in [-0.39, 0.29) is 0 Å². The number of alkyl halides is 1. The van der Waals surface area contributed by atoms with Gasteiger partial charge in [0, 0.05) is 12.4 Å². The molecule has 90 valence electrons. The second-order valence-electron chi connectivity index (χ2n) is 5.46. The van der Waals surface area contributed by atoms with Gasteiger partial charge in [-0.25, -0.2) is 0 Å². The highest BCUT2D eigenvalue weighted by Gasteiger charge is 2.24. The summed E-state index contributed by atoms with van der Waals surface area (Å²) in [5.41, 5.74) is 0. The SMILES string of the molecule is CC(CCCl)CCN1CCC(C(C)C)C1. The zero-order valence-corrected chi connectivity index (χ0v) is 11.3. The molecule has 2 unspecified atom stereocenters. The minimum Gasteiger partial charge on any atom is -0.303 e. The Morgan fingerprint density at radius 1 is 1.27 bits per heavy atom. The lowest BCUT2D eigenvalue weighted by Gasteiger charge is -2.19. The Hall–Kier alpha value is 0.250. The van der Waals surface area contributed by atoms with Gasteiger partial charge in [-0.2, -0.15) is 0 Å². The molecule has 1 heterocycles. The fourth-order valence-electron chi connectivity index (χ4n) is 2.34. The summed E-state index contributed by atoms with van der Waals surface area (Å²) < 4.78 is 0. The number of hydrogen-bond donors (Lipinski definition) is 0.